The molecule has 1 atom stereocenters. The summed E-state index contributed by atoms with van der Waals surface area (Å²) in [5, 5.41) is 23.3. The number of anilines is 1. The number of H-pyrrole nitrogens is 1. The van der Waals surface area contributed by atoms with E-state index in [-0.39, 0.29) is 41.5 Å². The zero-order valence-electron chi connectivity index (χ0n) is 23.4. The van der Waals surface area contributed by atoms with Gasteiger partial charge in [0.25, 0.3) is 5.91 Å². The minimum atomic E-state index is -0.960. The third-order valence-electron chi connectivity index (χ3n) is 7.19. The molecule has 4 N–H and O–H groups in total. The largest absolute Gasteiger partial charge is 0.503 e. The highest BCUT2D eigenvalue weighted by atomic mass is 19.1. The molecule has 1 aromatic carbocycles. The van der Waals surface area contributed by atoms with E-state index in [9.17, 15) is 28.3 Å². The molecule has 0 fully saturated rings. The summed E-state index contributed by atoms with van der Waals surface area (Å²) >= 11 is 0. The van der Waals surface area contributed by atoms with Crippen LogP contribution in [0.25, 0.3) is 22.4 Å². The molecule has 0 bridgehead atoms. The summed E-state index contributed by atoms with van der Waals surface area (Å²) in [5.41, 5.74) is 0.248. The Bertz CT molecular complexity index is 1750. The van der Waals surface area contributed by atoms with Crippen LogP contribution in [0.15, 0.2) is 35.3 Å². The molecule has 4 aromatic rings. The molecule has 0 saturated heterocycles. The van der Waals surface area contributed by atoms with Gasteiger partial charge in [0.15, 0.2) is 28.9 Å². The van der Waals surface area contributed by atoms with Crippen LogP contribution in [0.5, 0.6) is 5.75 Å². The van der Waals surface area contributed by atoms with Gasteiger partial charge in [-0.3, -0.25) is 19.5 Å². The summed E-state index contributed by atoms with van der Waals surface area (Å²) in [7, 11) is 0. The van der Waals surface area contributed by atoms with E-state index in [1.165, 1.54) is 28.8 Å². The summed E-state index contributed by atoms with van der Waals surface area (Å²) in [6.07, 6.45) is 0.937. The first kappa shape index (κ1) is 28.6. The van der Waals surface area contributed by atoms with Crippen LogP contribution >= 0.6 is 0 Å². The smallest absolute Gasteiger partial charge is 0.274 e. The Morgan fingerprint density at radius 2 is 1.90 bits per heavy atom. The second kappa shape index (κ2) is 11.2. The van der Waals surface area contributed by atoms with E-state index in [1.807, 2.05) is 13.8 Å². The number of carbonyl (C=O) groups excluding carboxylic acids is 2. The van der Waals surface area contributed by atoms with Gasteiger partial charge in [-0.05, 0) is 38.0 Å². The minimum absolute atomic E-state index is 0.0221. The Morgan fingerprint density at radius 1 is 1.14 bits per heavy atom. The molecule has 3 aromatic heterocycles. The molecule has 42 heavy (non-hydrogen) atoms. The van der Waals surface area contributed by atoms with Gasteiger partial charge in [0, 0.05) is 36.3 Å². The molecule has 0 spiro atoms. The lowest BCUT2D eigenvalue weighted by molar-refractivity contribution is -0.122. The molecule has 1 aliphatic heterocycles. The third-order valence-corrected chi connectivity index (χ3v) is 7.19. The van der Waals surface area contributed by atoms with Crippen LogP contribution in [0, 0.1) is 17.6 Å². The van der Waals surface area contributed by atoms with Crippen LogP contribution in [-0.4, -0.2) is 65.2 Å². The van der Waals surface area contributed by atoms with Crippen LogP contribution in [0.1, 0.15) is 43.9 Å². The molecule has 2 amide bonds. The monoisotopic (exact) mass is 580 g/mol. The zero-order valence-corrected chi connectivity index (χ0v) is 23.4. The first-order chi connectivity index (χ1) is 20.0. The maximum Gasteiger partial charge on any atom is 0.274 e. The Hall–Kier alpha value is -4.88. The van der Waals surface area contributed by atoms with Gasteiger partial charge in [-0.25, -0.2) is 18.7 Å². The van der Waals surface area contributed by atoms with Crippen molar-refractivity contribution in [2.24, 2.45) is 5.92 Å². The standard InChI is InChI=1S/C28H30F2N8O4/c1-13(2)21(33-25-18(30)12-31-26(34-25)22-17-9-15(29)5-6-19(17)35-36-22)27(41)32-11-16-10-20(39)24(40)23-28(42)37(14(3)4)7-8-38(16)23/h5-6,9-10,12-14,21,40H,7-8,11H2,1-4H3,(H,32,41)(H,35,36)(H,31,33,34)/t21-/m0/s1. The van der Waals surface area contributed by atoms with E-state index < -0.39 is 40.7 Å². The number of hydrogen-bond acceptors (Lipinski definition) is 8. The quantitative estimate of drug-likeness (QED) is 0.248. The van der Waals surface area contributed by atoms with Crippen molar-refractivity contribution in [2.45, 2.75) is 52.9 Å². The first-order valence-electron chi connectivity index (χ1n) is 13.4. The number of rotatable bonds is 8. The molecule has 4 heterocycles. The highest BCUT2D eigenvalue weighted by Gasteiger charge is 2.32. The number of fused-ring (bicyclic) bond motifs is 2. The number of halogens is 2. The van der Waals surface area contributed by atoms with Crippen LogP contribution < -0.4 is 16.1 Å². The van der Waals surface area contributed by atoms with Crippen molar-refractivity contribution in [3.8, 4) is 17.3 Å². The van der Waals surface area contributed by atoms with Crippen LogP contribution in [-0.2, 0) is 17.9 Å². The van der Waals surface area contributed by atoms with Crippen LogP contribution in [0.3, 0.4) is 0 Å². The number of hydrogen-bond donors (Lipinski definition) is 4. The lowest BCUT2D eigenvalue weighted by Gasteiger charge is -2.34. The zero-order chi connectivity index (χ0) is 30.3. The van der Waals surface area contributed by atoms with Crippen LogP contribution in [0.4, 0.5) is 14.6 Å². The first-order valence-corrected chi connectivity index (χ1v) is 13.4. The van der Waals surface area contributed by atoms with Crippen molar-refractivity contribution in [1.29, 1.82) is 0 Å². The van der Waals surface area contributed by atoms with Gasteiger partial charge in [-0.15, -0.1) is 0 Å². The van der Waals surface area contributed by atoms with E-state index in [1.54, 1.807) is 18.7 Å². The lowest BCUT2D eigenvalue weighted by atomic mass is 10.0. The van der Waals surface area contributed by atoms with Gasteiger partial charge in [0.1, 0.15) is 17.6 Å². The van der Waals surface area contributed by atoms with Gasteiger partial charge >= 0.3 is 0 Å². The molecule has 0 unspecified atom stereocenters. The van der Waals surface area contributed by atoms with Crippen molar-refractivity contribution in [3.63, 3.8) is 0 Å². The minimum Gasteiger partial charge on any atom is -0.503 e. The van der Waals surface area contributed by atoms with E-state index >= 15 is 0 Å². The third kappa shape index (κ3) is 5.27. The average molecular weight is 581 g/mol. The number of amides is 2. The van der Waals surface area contributed by atoms with Crippen molar-refractivity contribution < 1.29 is 23.5 Å². The molecule has 12 nitrogen and oxygen atoms in total. The number of aromatic nitrogens is 5. The molecule has 0 aliphatic carbocycles. The Morgan fingerprint density at radius 3 is 2.62 bits per heavy atom. The number of nitrogens with one attached hydrogen (secondary N) is 3. The number of carbonyl (C=O) groups is 2. The molecule has 220 valence electrons. The fourth-order valence-electron chi connectivity index (χ4n) is 4.95. The maximum absolute atomic E-state index is 14.8. The second-order valence-corrected chi connectivity index (χ2v) is 10.7. The molecule has 0 saturated carbocycles. The maximum atomic E-state index is 14.8. The number of benzene rings is 1. The molecule has 14 heteroatoms. The van der Waals surface area contributed by atoms with Crippen molar-refractivity contribution >= 4 is 28.5 Å². The topological polar surface area (TPSA) is 158 Å². The molecule has 0 radical (unpaired) electrons. The van der Waals surface area contributed by atoms with Gasteiger partial charge in [0.05, 0.1) is 18.3 Å². The SMILES string of the molecule is CC(C)[C@H](Nc1nc(-c2n[nH]c3ccc(F)cc23)ncc1F)C(=O)NCc1cc(=O)c(O)c2n1CCN(C(C)C)C2=O. The predicted octanol–water partition coefficient (Wildman–Crippen LogP) is 2.78. The van der Waals surface area contributed by atoms with Crippen molar-refractivity contribution in [1.82, 2.24) is 34.9 Å². The van der Waals surface area contributed by atoms with Crippen molar-refractivity contribution in [3.05, 3.63) is 63.7 Å². The van der Waals surface area contributed by atoms with E-state index in [4.69, 9.17) is 0 Å². The number of aromatic amines is 1. The lowest BCUT2D eigenvalue weighted by Crippen LogP contribution is -2.47. The average Bonchev–Trinajstić information content (AvgIpc) is 3.36. The van der Waals surface area contributed by atoms with Gasteiger partial charge in [-0.2, -0.15) is 5.10 Å². The normalized spacial score (nSPS) is 14.0. The fraction of sp³-hybridized carbons (Fsp3) is 0.357. The predicted molar refractivity (Wildman–Crippen MR) is 150 cm³/mol. The number of nitrogens with zero attached hydrogens (tertiary/aromatic N) is 5. The summed E-state index contributed by atoms with van der Waals surface area (Å²) in [5.74, 6) is -3.48. The fourth-order valence-corrected chi connectivity index (χ4v) is 4.95. The Kier molecular flexibility index (Phi) is 7.63. The van der Waals surface area contributed by atoms with Crippen molar-refractivity contribution in [2.75, 3.05) is 11.9 Å². The summed E-state index contributed by atoms with van der Waals surface area (Å²) in [4.78, 5) is 48.6. The number of aromatic hydroxyl groups is 1. The number of pyridine rings is 1. The summed E-state index contributed by atoms with van der Waals surface area (Å²) < 4.78 is 30.2. The van der Waals surface area contributed by atoms with E-state index in [2.05, 4.69) is 30.8 Å². The van der Waals surface area contributed by atoms with Crippen LogP contribution in [0.2, 0.25) is 0 Å². The molecule has 5 rings (SSSR count). The highest BCUT2D eigenvalue weighted by Crippen LogP contribution is 2.27. The summed E-state index contributed by atoms with van der Waals surface area (Å²) in [6, 6.07) is 4.15. The highest BCUT2D eigenvalue weighted by molar-refractivity contribution is 5.96. The second-order valence-electron chi connectivity index (χ2n) is 10.7. The molecular weight excluding hydrogens is 550 g/mol. The van der Waals surface area contributed by atoms with Gasteiger partial charge in [-0.1, -0.05) is 13.8 Å². The Balaban J connectivity index is 1.38. The van der Waals surface area contributed by atoms with E-state index in [0.717, 1.165) is 6.20 Å². The van der Waals surface area contributed by atoms with E-state index in [0.29, 0.717) is 29.7 Å². The molecule has 1 aliphatic rings. The Labute approximate surface area is 238 Å². The van der Waals surface area contributed by atoms with Gasteiger partial charge in [0.2, 0.25) is 11.3 Å². The van der Waals surface area contributed by atoms with Gasteiger partial charge < -0.3 is 25.2 Å². The molecular formula is C28H30F2N8O4. The summed E-state index contributed by atoms with van der Waals surface area (Å²) in [6.45, 7) is 7.77.